The minimum atomic E-state index is -3.94. The molecular weight excluding hydrogens is 330 g/mol. The van der Waals surface area contributed by atoms with Gasteiger partial charge in [0.1, 0.15) is 22.4 Å². The molecule has 1 heterocycles. The van der Waals surface area contributed by atoms with Crippen LogP contribution in [0.5, 0.6) is 0 Å². The smallest absolute Gasteiger partial charge is 0.205 e. The average molecular weight is 337 g/mol. The van der Waals surface area contributed by atoms with Crippen LogP contribution >= 0.6 is 23.2 Å². The summed E-state index contributed by atoms with van der Waals surface area (Å²) in [5.74, 6) is -1.46. The first kappa shape index (κ1) is 15.0. The summed E-state index contributed by atoms with van der Waals surface area (Å²) in [5, 5.41) is 5.78. The summed E-state index contributed by atoms with van der Waals surface area (Å²) in [6.45, 7) is 0. The quantitative estimate of drug-likeness (QED) is 0.931. The van der Waals surface area contributed by atoms with Crippen molar-refractivity contribution in [3.05, 3.63) is 56.2 Å². The number of sulfone groups is 1. The van der Waals surface area contributed by atoms with Gasteiger partial charge in [0, 0.05) is 11.1 Å². The van der Waals surface area contributed by atoms with Crippen molar-refractivity contribution in [1.29, 1.82) is 0 Å². The number of aromatic nitrogens is 2. The lowest BCUT2D eigenvalue weighted by Crippen LogP contribution is -2.17. The molecule has 0 amide bonds. The molecule has 0 atom stereocenters. The zero-order chi connectivity index (χ0) is 14.9. The van der Waals surface area contributed by atoms with Gasteiger partial charge in [0.05, 0.1) is 4.90 Å². The maximum atomic E-state index is 13.2. The highest BCUT2D eigenvalue weighted by atomic mass is 35.5. The van der Waals surface area contributed by atoms with Crippen LogP contribution < -0.4 is 5.43 Å². The van der Waals surface area contributed by atoms with Crippen LogP contribution in [0.4, 0.5) is 4.39 Å². The van der Waals surface area contributed by atoms with Gasteiger partial charge in [0.15, 0.2) is 9.84 Å². The molecule has 20 heavy (non-hydrogen) atoms. The van der Waals surface area contributed by atoms with Crippen molar-refractivity contribution in [2.75, 3.05) is 0 Å². The molecule has 1 N–H and O–H groups in total. The zero-order valence-corrected chi connectivity index (χ0v) is 12.1. The Labute approximate surface area is 123 Å². The van der Waals surface area contributed by atoms with Crippen molar-refractivity contribution in [2.45, 2.75) is 10.6 Å². The molecule has 0 radical (unpaired) electrons. The van der Waals surface area contributed by atoms with Crippen LogP contribution in [0, 0.1) is 5.82 Å². The standard InChI is InChI=1S/C11H7Cl2FN2O3S/c12-6-1-7(14)3-8(2-6)20(18,19)5-9-10(17)4-11(13)16-15-9/h1-4H,5H2,(H,16,17). The minimum Gasteiger partial charge on any atom is -0.288 e. The van der Waals surface area contributed by atoms with E-state index in [1.54, 1.807) is 0 Å². The van der Waals surface area contributed by atoms with Gasteiger partial charge < -0.3 is 0 Å². The molecule has 0 saturated carbocycles. The number of hydrogen-bond acceptors (Lipinski definition) is 4. The maximum absolute atomic E-state index is 13.2. The Balaban J connectivity index is 2.43. The fourth-order valence-corrected chi connectivity index (χ4v) is 3.24. The fraction of sp³-hybridized carbons (Fsp3) is 0.0909. The van der Waals surface area contributed by atoms with Crippen LogP contribution in [-0.2, 0) is 15.6 Å². The second-order valence-corrected chi connectivity index (χ2v) is 6.72. The summed E-state index contributed by atoms with van der Waals surface area (Å²) < 4.78 is 37.4. The number of aromatic amines is 1. The Bertz CT molecular complexity index is 800. The molecule has 0 saturated heterocycles. The lowest BCUT2D eigenvalue weighted by Gasteiger charge is -2.04. The maximum Gasteiger partial charge on any atom is 0.205 e. The molecule has 0 aliphatic rings. The van der Waals surface area contributed by atoms with E-state index in [1.165, 1.54) is 0 Å². The second-order valence-electron chi connectivity index (χ2n) is 3.89. The second kappa shape index (κ2) is 5.51. The van der Waals surface area contributed by atoms with E-state index in [2.05, 4.69) is 10.2 Å². The molecule has 5 nitrogen and oxygen atoms in total. The number of hydrogen-bond donors (Lipinski definition) is 1. The van der Waals surface area contributed by atoms with Gasteiger partial charge in [-0.15, -0.1) is 0 Å². The third kappa shape index (κ3) is 3.36. The van der Waals surface area contributed by atoms with Gasteiger partial charge >= 0.3 is 0 Å². The van der Waals surface area contributed by atoms with Crippen LogP contribution in [0.3, 0.4) is 0 Å². The first-order valence-electron chi connectivity index (χ1n) is 5.21. The molecule has 1 aromatic carbocycles. The van der Waals surface area contributed by atoms with Gasteiger partial charge in [-0.25, -0.2) is 12.8 Å². The van der Waals surface area contributed by atoms with Crippen LogP contribution in [0.2, 0.25) is 10.2 Å². The summed E-state index contributed by atoms with van der Waals surface area (Å²) in [6, 6.07) is 3.92. The lowest BCUT2D eigenvalue weighted by molar-refractivity contribution is 0.589. The van der Waals surface area contributed by atoms with Crippen molar-refractivity contribution in [2.24, 2.45) is 0 Å². The first-order valence-corrected chi connectivity index (χ1v) is 7.62. The molecule has 106 valence electrons. The monoisotopic (exact) mass is 336 g/mol. The summed E-state index contributed by atoms with van der Waals surface area (Å²) in [5.41, 5.74) is -0.866. The number of halogens is 3. The first-order chi connectivity index (χ1) is 9.28. The Morgan fingerprint density at radius 2 is 1.90 bits per heavy atom. The molecule has 0 spiro atoms. The van der Waals surface area contributed by atoms with Crippen LogP contribution in [0.15, 0.2) is 34.0 Å². The zero-order valence-electron chi connectivity index (χ0n) is 9.73. The highest BCUT2D eigenvalue weighted by molar-refractivity contribution is 7.90. The normalized spacial score (nSPS) is 11.6. The van der Waals surface area contributed by atoms with E-state index < -0.39 is 26.8 Å². The summed E-state index contributed by atoms with van der Waals surface area (Å²) >= 11 is 11.1. The number of nitrogens with one attached hydrogen (secondary N) is 1. The third-order valence-electron chi connectivity index (χ3n) is 2.36. The van der Waals surface area contributed by atoms with E-state index in [0.29, 0.717) is 0 Å². The Morgan fingerprint density at radius 1 is 1.20 bits per heavy atom. The van der Waals surface area contributed by atoms with Gasteiger partial charge in [-0.05, 0) is 18.2 Å². The largest absolute Gasteiger partial charge is 0.288 e. The van der Waals surface area contributed by atoms with Crippen molar-refractivity contribution in [1.82, 2.24) is 10.2 Å². The fourth-order valence-electron chi connectivity index (χ4n) is 1.48. The molecule has 1 aromatic heterocycles. The van der Waals surface area contributed by atoms with Gasteiger partial charge in [-0.3, -0.25) is 9.89 Å². The Morgan fingerprint density at radius 3 is 2.50 bits per heavy atom. The van der Waals surface area contributed by atoms with Crippen LogP contribution in [0.25, 0.3) is 0 Å². The van der Waals surface area contributed by atoms with Crippen molar-refractivity contribution in [3.8, 4) is 0 Å². The van der Waals surface area contributed by atoms with Crippen molar-refractivity contribution >= 4 is 33.0 Å². The molecular formula is C11H7Cl2FN2O3S. The van der Waals surface area contributed by atoms with Crippen molar-refractivity contribution in [3.63, 3.8) is 0 Å². The number of benzene rings is 1. The highest BCUT2D eigenvalue weighted by Gasteiger charge is 2.20. The number of rotatable bonds is 3. The molecule has 0 unspecified atom stereocenters. The molecule has 2 rings (SSSR count). The number of nitrogens with zero attached hydrogens (tertiary/aromatic N) is 1. The van der Waals surface area contributed by atoms with E-state index in [1.807, 2.05) is 0 Å². The molecule has 0 fully saturated rings. The van der Waals surface area contributed by atoms with Gasteiger partial charge in [0.2, 0.25) is 5.43 Å². The van der Waals surface area contributed by atoms with Gasteiger partial charge in [-0.2, -0.15) is 5.10 Å². The van der Waals surface area contributed by atoms with Gasteiger partial charge in [0.25, 0.3) is 0 Å². The van der Waals surface area contributed by atoms with E-state index in [-0.39, 0.29) is 20.8 Å². The Hall–Kier alpha value is -1.44. The number of H-pyrrole nitrogens is 1. The predicted octanol–water partition coefficient (Wildman–Crippen LogP) is 2.19. The summed E-state index contributed by atoms with van der Waals surface area (Å²) in [6.07, 6.45) is 0. The molecule has 0 aliphatic carbocycles. The lowest BCUT2D eigenvalue weighted by atomic mass is 10.3. The van der Waals surface area contributed by atoms with Crippen LogP contribution in [-0.4, -0.2) is 18.6 Å². The molecule has 9 heteroatoms. The molecule has 2 aromatic rings. The topological polar surface area (TPSA) is 79.9 Å². The highest BCUT2D eigenvalue weighted by Crippen LogP contribution is 2.20. The summed E-state index contributed by atoms with van der Waals surface area (Å²) in [7, 11) is -3.94. The third-order valence-corrected chi connectivity index (χ3v) is 4.38. The molecule has 0 aliphatic heterocycles. The van der Waals surface area contributed by atoms with E-state index in [4.69, 9.17) is 23.2 Å². The predicted molar refractivity (Wildman–Crippen MR) is 72.2 cm³/mol. The van der Waals surface area contributed by atoms with Gasteiger partial charge in [-0.1, -0.05) is 23.2 Å². The Kier molecular flexibility index (Phi) is 4.12. The average Bonchev–Trinajstić information content (AvgIpc) is 2.31. The van der Waals surface area contributed by atoms with E-state index in [9.17, 15) is 17.6 Å². The minimum absolute atomic E-state index is 0.00931. The van der Waals surface area contributed by atoms with E-state index in [0.717, 1.165) is 24.3 Å². The SMILES string of the molecule is O=c1cc(Cl)[nH]nc1CS(=O)(=O)c1cc(F)cc(Cl)c1. The summed E-state index contributed by atoms with van der Waals surface area (Å²) in [4.78, 5) is 11.2. The van der Waals surface area contributed by atoms with E-state index >= 15 is 0 Å². The molecule has 0 bridgehead atoms. The van der Waals surface area contributed by atoms with Crippen molar-refractivity contribution < 1.29 is 12.8 Å². The van der Waals surface area contributed by atoms with Crippen LogP contribution in [0.1, 0.15) is 5.69 Å².